The molecule has 2 atom stereocenters. The summed E-state index contributed by atoms with van der Waals surface area (Å²) in [6.45, 7) is 0.337. The molecule has 0 radical (unpaired) electrons. The largest absolute Gasteiger partial charge is 0.480 e. The Bertz CT molecular complexity index is 585. The molecule has 2 N–H and O–H groups in total. The minimum atomic E-state index is -1.05. The van der Waals surface area contributed by atoms with Crippen LogP contribution in [-0.2, 0) is 27.1 Å². The number of fused-ring (bicyclic) bond motifs is 1. The number of amides is 1. The van der Waals surface area contributed by atoms with Gasteiger partial charge in [0.05, 0.1) is 12.6 Å². The molecule has 1 aromatic heterocycles. The highest BCUT2D eigenvalue weighted by Gasteiger charge is 2.31. The number of ether oxygens (including phenoxy) is 2. The van der Waals surface area contributed by atoms with Crippen LogP contribution in [0.5, 0.6) is 0 Å². The Labute approximate surface area is 133 Å². The Morgan fingerprint density at radius 2 is 2.17 bits per heavy atom. The van der Waals surface area contributed by atoms with Gasteiger partial charge in [-0.2, -0.15) is 0 Å². The van der Waals surface area contributed by atoms with Crippen molar-refractivity contribution in [2.45, 2.75) is 44.2 Å². The Morgan fingerprint density at radius 1 is 1.35 bits per heavy atom. The smallest absolute Gasteiger partial charge is 0.329 e. The van der Waals surface area contributed by atoms with Crippen molar-refractivity contribution in [1.29, 1.82) is 0 Å². The number of aromatic nitrogens is 1. The quantitative estimate of drug-likeness (QED) is 0.813. The first-order chi connectivity index (χ1) is 11.1. The number of carbonyl (C=O) groups excluding carboxylic acids is 1. The first-order valence-corrected chi connectivity index (χ1v) is 7.84. The van der Waals surface area contributed by atoms with Crippen molar-refractivity contribution in [2.24, 2.45) is 0 Å². The molecule has 1 fully saturated rings. The van der Waals surface area contributed by atoms with Gasteiger partial charge in [0.25, 0.3) is 5.91 Å². The van der Waals surface area contributed by atoms with Crippen LogP contribution >= 0.6 is 0 Å². The second-order valence-corrected chi connectivity index (χ2v) is 5.83. The van der Waals surface area contributed by atoms with Crippen LogP contribution in [0.1, 0.15) is 41.1 Å². The summed E-state index contributed by atoms with van der Waals surface area (Å²) < 4.78 is 15.9. The number of nitrogens with zero attached hydrogens (tertiary/aromatic N) is 1. The molecule has 1 aliphatic heterocycles. The van der Waals surface area contributed by atoms with Gasteiger partial charge in [-0.25, -0.2) is 4.79 Å². The van der Waals surface area contributed by atoms with E-state index in [2.05, 4.69) is 10.5 Å². The van der Waals surface area contributed by atoms with Crippen molar-refractivity contribution in [3.8, 4) is 0 Å². The molecule has 23 heavy (non-hydrogen) atoms. The average Bonchev–Trinajstić information content (AvgIpc) is 2.98. The maximum Gasteiger partial charge on any atom is 0.329 e. The molecule has 2 heterocycles. The first kappa shape index (κ1) is 15.9. The lowest BCUT2D eigenvalue weighted by molar-refractivity contribution is -0.148. The van der Waals surface area contributed by atoms with E-state index in [0.717, 1.165) is 37.0 Å². The second-order valence-electron chi connectivity index (χ2n) is 5.83. The lowest BCUT2D eigenvalue weighted by Crippen LogP contribution is -2.50. The van der Waals surface area contributed by atoms with Crippen LogP contribution in [0.3, 0.4) is 0 Å². The maximum atomic E-state index is 12.5. The van der Waals surface area contributed by atoms with E-state index in [0.29, 0.717) is 18.7 Å². The van der Waals surface area contributed by atoms with E-state index < -0.39 is 18.7 Å². The number of hydrogen-bond acceptors (Lipinski definition) is 6. The molecule has 126 valence electrons. The monoisotopic (exact) mass is 324 g/mol. The number of aliphatic carboxylic acids is 1. The molecular formula is C15H20N2O6. The third-order valence-electron chi connectivity index (χ3n) is 4.21. The van der Waals surface area contributed by atoms with Crippen molar-refractivity contribution in [3.05, 3.63) is 17.0 Å². The van der Waals surface area contributed by atoms with Gasteiger partial charge in [0.15, 0.2) is 5.69 Å². The third kappa shape index (κ3) is 3.70. The summed E-state index contributed by atoms with van der Waals surface area (Å²) in [5.41, 5.74) is 1.23. The third-order valence-corrected chi connectivity index (χ3v) is 4.21. The van der Waals surface area contributed by atoms with E-state index >= 15 is 0 Å². The zero-order valence-electron chi connectivity index (χ0n) is 12.7. The van der Waals surface area contributed by atoms with Gasteiger partial charge in [-0.1, -0.05) is 5.16 Å². The van der Waals surface area contributed by atoms with Gasteiger partial charge in [-0.3, -0.25) is 4.79 Å². The molecule has 2 aliphatic rings. The highest BCUT2D eigenvalue weighted by molar-refractivity contribution is 5.94. The molecule has 1 aromatic rings. The first-order valence-electron chi connectivity index (χ1n) is 7.84. The number of aryl methyl sites for hydroxylation is 1. The normalized spacial score (nSPS) is 24.0. The molecule has 1 aliphatic carbocycles. The van der Waals surface area contributed by atoms with E-state index in [1.807, 2.05) is 0 Å². The lowest BCUT2D eigenvalue weighted by atomic mass is 9.96. The average molecular weight is 324 g/mol. The predicted octanol–water partition coefficient (Wildman–Crippen LogP) is 0.542. The van der Waals surface area contributed by atoms with E-state index in [1.165, 1.54) is 0 Å². The number of nitrogens with one attached hydrogen (secondary N) is 1. The summed E-state index contributed by atoms with van der Waals surface area (Å²) in [6, 6.07) is -0.299. The molecule has 0 saturated carbocycles. The van der Waals surface area contributed by atoms with E-state index in [4.69, 9.17) is 19.1 Å². The highest BCUT2D eigenvalue weighted by atomic mass is 16.5. The molecule has 1 amide bonds. The number of hydrogen-bond donors (Lipinski definition) is 2. The van der Waals surface area contributed by atoms with Crippen LogP contribution in [0, 0.1) is 0 Å². The van der Waals surface area contributed by atoms with Crippen LogP contribution in [0.25, 0.3) is 0 Å². The zero-order chi connectivity index (χ0) is 16.2. The molecule has 1 saturated heterocycles. The SMILES string of the molecule is O=C(O)CO[C@@H]1COCC[C@H]1NC(=O)c1noc2c1CCCC2. The van der Waals surface area contributed by atoms with Crippen molar-refractivity contribution in [1.82, 2.24) is 10.5 Å². The van der Waals surface area contributed by atoms with Crippen LogP contribution in [0.15, 0.2) is 4.52 Å². The molecule has 8 nitrogen and oxygen atoms in total. The molecular weight excluding hydrogens is 304 g/mol. The minimum Gasteiger partial charge on any atom is -0.480 e. The molecule has 8 heteroatoms. The van der Waals surface area contributed by atoms with E-state index in [9.17, 15) is 9.59 Å². The van der Waals surface area contributed by atoms with Crippen LogP contribution in [0.2, 0.25) is 0 Å². The van der Waals surface area contributed by atoms with Crippen molar-refractivity contribution < 1.29 is 28.7 Å². The Balaban J connectivity index is 1.65. The van der Waals surface area contributed by atoms with Crippen LogP contribution < -0.4 is 5.32 Å². The van der Waals surface area contributed by atoms with Gasteiger partial charge >= 0.3 is 5.97 Å². The zero-order valence-corrected chi connectivity index (χ0v) is 12.7. The topological polar surface area (TPSA) is 111 Å². The summed E-state index contributed by atoms with van der Waals surface area (Å²) in [4.78, 5) is 23.1. The van der Waals surface area contributed by atoms with Crippen LogP contribution in [-0.4, -0.2) is 54.1 Å². The predicted molar refractivity (Wildman–Crippen MR) is 77.2 cm³/mol. The Hall–Kier alpha value is -1.93. The van der Waals surface area contributed by atoms with Crippen molar-refractivity contribution in [3.63, 3.8) is 0 Å². The summed E-state index contributed by atoms with van der Waals surface area (Å²) in [5, 5.41) is 15.5. The fourth-order valence-electron chi connectivity index (χ4n) is 3.02. The standard InChI is InChI=1S/C15H20N2O6/c18-13(19)8-22-12-7-21-6-5-10(12)16-15(20)14-9-3-1-2-4-11(9)23-17-14/h10,12H,1-8H2,(H,16,20)(H,18,19)/t10-,12-/m1/s1. The maximum absolute atomic E-state index is 12.5. The van der Waals surface area contributed by atoms with Crippen molar-refractivity contribution >= 4 is 11.9 Å². The Kier molecular flexibility index (Phi) is 4.92. The van der Waals surface area contributed by atoms with Gasteiger partial charge in [-0.15, -0.1) is 0 Å². The lowest BCUT2D eigenvalue weighted by Gasteiger charge is -2.31. The van der Waals surface area contributed by atoms with Crippen LogP contribution in [0.4, 0.5) is 0 Å². The van der Waals surface area contributed by atoms with Gasteiger partial charge in [0, 0.05) is 18.6 Å². The summed E-state index contributed by atoms with van der Waals surface area (Å²) >= 11 is 0. The van der Waals surface area contributed by atoms with Crippen molar-refractivity contribution in [2.75, 3.05) is 19.8 Å². The number of carbonyl (C=O) groups is 2. The van der Waals surface area contributed by atoms with Gasteiger partial charge in [0.2, 0.25) is 0 Å². The minimum absolute atomic E-state index is 0.259. The van der Waals surface area contributed by atoms with E-state index in [-0.39, 0.29) is 18.6 Å². The summed E-state index contributed by atoms with van der Waals surface area (Å²) in [7, 11) is 0. The molecule has 3 rings (SSSR count). The number of carboxylic acid groups (broad SMARTS) is 1. The van der Waals surface area contributed by atoms with Gasteiger partial charge < -0.3 is 24.4 Å². The van der Waals surface area contributed by atoms with E-state index in [1.54, 1.807) is 0 Å². The molecule has 0 bridgehead atoms. The number of rotatable bonds is 5. The van der Waals surface area contributed by atoms with Gasteiger partial charge in [-0.05, 0) is 25.7 Å². The summed E-state index contributed by atoms with van der Waals surface area (Å²) in [5.74, 6) is -0.550. The fourth-order valence-corrected chi connectivity index (χ4v) is 3.02. The fraction of sp³-hybridized carbons (Fsp3) is 0.667. The second kappa shape index (κ2) is 7.10. The molecule has 0 unspecified atom stereocenters. The summed E-state index contributed by atoms with van der Waals surface area (Å²) in [6.07, 6.45) is 3.78. The Morgan fingerprint density at radius 3 is 3.00 bits per heavy atom. The number of carboxylic acids is 1. The molecule has 0 aromatic carbocycles. The van der Waals surface area contributed by atoms with Gasteiger partial charge in [0.1, 0.15) is 18.5 Å². The highest BCUT2D eigenvalue weighted by Crippen LogP contribution is 2.24. The molecule has 0 spiro atoms.